The van der Waals surface area contributed by atoms with Gasteiger partial charge in [0.15, 0.2) is 23.0 Å². The quantitative estimate of drug-likeness (QED) is 0.571. The monoisotopic (exact) mass is 388 g/mol. The van der Waals surface area contributed by atoms with E-state index in [4.69, 9.17) is 18.9 Å². The summed E-state index contributed by atoms with van der Waals surface area (Å²) in [5.41, 5.74) is 0.326. The molecule has 0 fully saturated rings. The molecule has 0 saturated heterocycles. The van der Waals surface area contributed by atoms with E-state index >= 15 is 0 Å². The van der Waals surface area contributed by atoms with Gasteiger partial charge in [-0.15, -0.1) is 0 Å². The molecule has 3 rings (SSSR count). The number of carbonyl (C=O) groups excluding carboxylic acids is 1. The smallest absolute Gasteiger partial charge is 0.276 e. The first kappa shape index (κ1) is 19.3. The molecule has 148 valence electrons. The molecule has 28 heavy (non-hydrogen) atoms. The average molecular weight is 388 g/mol. The van der Waals surface area contributed by atoms with E-state index in [2.05, 4.69) is 5.32 Å². The van der Waals surface area contributed by atoms with Crippen molar-refractivity contribution in [2.24, 2.45) is 0 Å². The zero-order valence-corrected chi connectivity index (χ0v) is 15.5. The Labute approximate surface area is 161 Å². The maximum absolute atomic E-state index is 12.3. The molecule has 1 N–H and O–H groups in total. The van der Waals surface area contributed by atoms with Crippen LogP contribution in [-0.4, -0.2) is 44.3 Å². The summed E-state index contributed by atoms with van der Waals surface area (Å²) in [6, 6.07) is 9.95. The Bertz CT molecular complexity index is 885. The van der Waals surface area contributed by atoms with Gasteiger partial charge in [-0.25, -0.2) is 0 Å². The van der Waals surface area contributed by atoms with Crippen molar-refractivity contribution < 1.29 is 28.7 Å². The van der Waals surface area contributed by atoms with Crippen LogP contribution in [0.15, 0.2) is 36.4 Å². The average Bonchev–Trinajstić information content (AvgIpc) is 2.72. The zero-order valence-electron chi connectivity index (χ0n) is 15.5. The lowest BCUT2D eigenvalue weighted by Crippen LogP contribution is -2.44. The van der Waals surface area contributed by atoms with Crippen LogP contribution in [0.3, 0.4) is 0 Å². The van der Waals surface area contributed by atoms with E-state index in [-0.39, 0.29) is 36.9 Å². The van der Waals surface area contributed by atoms with Crippen LogP contribution in [0.2, 0.25) is 0 Å². The second-order valence-corrected chi connectivity index (χ2v) is 6.00. The summed E-state index contributed by atoms with van der Waals surface area (Å²) in [5.74, 6) is 1.40. The van der Waals surface area contributed by atoms with Crippen LogP contribution in [0, 0.1) is 10.1 Å². The number of nitro benzene ring substituents is 1. The number of hydrogen-bond acceptors (Lipinski definition) is 7. The van der Waals surface area contributed by atoms with Crippen LogP contribution >= 0.6 is 0 Å². The normalized spacial score (nSPS) is 14.9. The third-order valence-corrected chi connectivity index (χ3v) is 4.28. The number of nitrogens with zero attached hydrogens (tertiary/aromatic N) is 1. The minimum atomic E-state index is -0.782. The first-order valence-corrected chi connectivity index (χ1v) is 8.59. The highest BCUT2D eigenvalue weighted by atomic mass is 16.6. The molecule has 1 amide bonds. The summed E-state index contributed by atoms with van der Waals surface area (Å²) in [7, 11) is 2.86. The third kappa shape index (κ3) is 4.08. The Morgan fingerprint density at radius 2 is 1.89 bits per heavy atom. The molecule has 1 atom stereocenters. The van der Waals surface area contributed by atoms with Gasteiger partial charge >= 0.3 is 0 Å². The lowest BCUT2D eigenvalue weighted by molar-refractivity contribution is -0.385. The van der Waals surface area contributed by atoms with E-state index in [1.807, 2.05) is 6.07 Å². The van der Waals surface area contributed by atoms with Gasteiger partial charge in [-0.05, 0) is 24.6 Å². The van der Waals surface area contributed by atoms with Gasteiger partial charge in [-0.3, -0.25) is 14.9 Å². The molecule has 9 heteroatoms. The number of methoxy groups -OCH3 is 2. The number of para-hydroxylation sites is 2. The van der Waals surface area contributed by atoms with Gasteiger partial charge in [0.2, 0.25) is 6.10 Å². The highest BCUT2D eigenvalue weighted by Gasteiger charge is 2.27. The van der Waals surface area contributed by atoms with E-state index in [1.54, 1.807) is 24.3 Å². The van der Waals surface area contributed by atoms with Crippen LogP contribution in [0.1, 0.15) is 5.56 Å². The third-order valence-electron chi connectivity index (χ3n) is 4.28. The topological polar surface area (TPSA) is 109 Å². The second-order valence-electron chi connectivity index (χ2n) is 6.00. The minimum Gasteiger partial charge on any atom is -0.493 e. The summed E-state index contributed by atoms with van der Waals surface area (Å²) in [4.78, 5) is 23.2. The molecule has 2 aromatic rings. The van der Waals surface area contributed by atoms with Crippen LogP contribution in [-0.2, 0) is 11.2 Å². The van der Waals surface area contributed by atoms with Gasteiger partial charge in [0.25, 0.3) is 11.6 Å². The fourth-order valence-electron chi connectivity index (χ4n) is 2.86. The Morgan fingerprint density at radius 1 is 1.21 bits per heavy atom. The molecule has 1 aliphatic rings. The lowest BCUT2D eigenvalue weighted by Gasteiger charge is -2.25. The Balaban J connectivity index is 1.63. The van der Waals surface area contributed by atoms with Gasteiger partial charge in [0.05, 0.1) is 25.2 Å². The van der Waals surface area contributed by atoms with Crippen LogP contribution in [0.25, 0.3) is 0 Å². The summed E-state index contributed by atoms with van der Waals surface area (Å²) >= 11 is 0. The maximum Gasteiger partial charge on any atom is 0.276 e. The Hall–Kier alpha value is -3.49. The molecular formula is C19H20N2O7. The Morgan fingerprint density at radius 3 is 2.57 bits per heavy atom. The number of amides is 1. The number of nitro groups is 1. The van der Waals surface area contributed by atoms with Crippen molar-refractivity contribution >= 4 is 11.6 Å². The molecule has 0 aromatic heterocycles. The minimum absolute atomic E-state index is 0.0966. The molecule has 1 aliphatic heterocycles. The molecule has 0 aliphatic carbocycles. The van der Waals surface area contributed by atoms with Crippen molar-refractivity contribution in [1.82, 2.24) is 5.32 Å². The van der Waals surface area contributed by atoms with Crippen molar-refractivity contribution in [3.05, 3.63) is 52.1 Å². The first-order valence-electron chi connectivity index (χ1n) is 8.59. The molecule has 0 saturated carbocycles. The van der Waals surface area contributed by atoms with Gasteiger partial charge in [-0.2, -0.15) is 0 Å². The standard InChI is InChI=1S/C19H20N2O7/c1-25-16-9-12(13(21(23)24)10-17(16)26-2)7-8-20-19(22)18-11-27-14-5-3-4-6-15(14)28-18/h3-6,9-10,18H,7-8,11H2,1-2H3,(H,20,22). The first-order chi connectivity index (χ1) is 13.5. The predicted molar refractivity (Wildman–Crippen MR) is 99.3 cm³/mol. The molecular weight excluding hydrogens is 368 g/mol. The van der Waals surface area contributed by atoms with Crippen molar-refractivity contribution in [1.29, 1.82) is 0 Å². The summed E-state index contributed by atoms with van der Waals surface area (Å²) < 4.78 is 21.5. The van der Waals surface area contributed by atoms with Crippen molar-refractivity contribution in [2.75, 3.05) is 27.4 Å². The fraction of sp³-hybridized carbons (Fsp3) is 0.316. The molecule has 2 aromatic carbocycles. The van der Waals surface area contributed by atoms with Crippen LogP contribution in [0.5, 0.6) is 23.0 Å². The van der Waals surface area contributed by atoms with E-state index in [0.29, 0.717) is 22.8 Å². The molecule has 0 bridgehead atoms. The van der Waals surface area contributed by atoms with E-state index < -0.39 is 11.0 Å². The number of benzene rings is 2. The van der Waals surface area contributed by atoms with Gasteiger partial charge in [0, 0.05) is 12.1 Å². The van der Waals surface area contributed by atoms with E-state index in [0.717, 1.165) is 0 Å². The van der Waals surface area contributed by atoms with E-state index in [1.165, 1.54) is 20.3 Å². The summed E-state index contributed by atoms with van der Waals surface area (Å²) in [6.45, 7) is 0.288. The number of hydrogen-bond donors (Lipinski definition) is 1. The molecule has 0 radical (unpaired) electrons. The fourth-order valence-corrected chi connectivity index (χ4v) is 2.86. The number of rotatable bonds is 7. The predicted octanol–water partition coefficient (Wildman–Crippen LogP) is 2.11. The molecule has 9 nitrogen and oxygen atoms in total. The van der Waals surface area contributed by atoms with Crippen molar-refractivity contribution in [3.63, 3.8) is 0 Å². The lowest BCUT2D eigenvalue weighted by atomic mass is 10.1. The maximum atomic E-state index is 12.3. The van der Waals surface area contributed by atoms with Crippen molar-refractivity contribution in [2.45, 2.75) is 12.5 Å². The van der Waals surface area contributed by atoms with E-state index in [9.17, 15) is 14.9 Å². The van der Waals surface area contributed by atoms with Crippen LogP contribution in [0.4, 0.5) is 5.69 Å². The second kappa shape index (κ2) is 8.47. The highest BCUT2D eigenvalue weighted by Crippen LogP contribution is 2.34. The number of fused-ring (bicyclic) bond motifs is 1. The summed E-state index contributed by atoms with van der Waals surface area (Å²) in [6.07, 6.45) is -0.540. The number of ether oxygens (including phenoxy) is 4. The Kier molecular flexibility index (Phi) is 5.83. The number of nitrogens with one attached hydrogen (secondary N) is 1. The van der Waals surface area contributed by atoms with Gasteiger partial charge in [-0.1, -0.05) is 12.1 Å². The van der Waals surface area contributed by atoms with Crippen LogP contribution < -0.4 is 24.3 Å². The molecule has 1 unspecified atom stereocenters. The number of carbonyl (C=O) groups is 1. The van der Waals surface area contributed by atoms with Gasteiger partial charge in [0.1, 0.15) is 6.61 Å². The van der Waals surface area contributed by atoms with Gasteiger partial charge < -0.3 is 24.3 Å². The largest absolute Gasteiger partial charge is 0.493 e. The molecule has 1 heterocycles. The highest BCUT2D eigenvalue weighted by molar-refractivity contribution is 5.81. The molecule has 0 spiro atoms. The van der Waals surface area contributed by atoms with Crippen molar-refractivity contribution in [3.8, 4) is 23.0 Å². The zero-order chi connectivity index (χ0) is 20.1. The summed E-state index contributed by atoms with van der Waals surface area (Å²) in [5, 5.41) is 14.1. The SMILES string of the molecule is COc1cc(CCNC(=O)C2COc3ccccc3O2)c([N+](=O)[O-])cc1OC.